The van der Waals surface area contributed by atoms with Gasteiger partial charge in [0.2, 0.25) is 0 Å². The average molecular weight is 196 g/mol. The zero-order valence-corrected chi connectivity index (χ0v) is 9.41. The standard InChI is InChI=1S/C12H24N2/c1-2-12(13)9-14-7-10-4-3-5-11(6-10)8-14/h10-12H,2-9,13H2,1H3/t10?,11?,12-/m1/s1. The van der Waals surface area contributed by atoms with Gasteiger partial charge in [0, 0.05) is 25.7 Å². The van der Waals surface area contributed by atoms with Crippen molar-refractivity contribution in [2.45, 2.75) is 45.1 Å². The summed E-state index contributed by atoms with van der Waals surface area (Å²) in [6.07, 6.45) is 7.02. The minimum atomic E-state index is 0.397. The van der Waals surface area contributed by atoms with Crippen LogP contribution in [0.5, 0.6) is 0 Å². The Balaban J connectivity index is 1.83. The smallest absolute Gasteiger partial charge is 0.0165 e. The number of fused-ring (bicyclic) bond motifs is 2. The molecule has 0 aromatic heterocycles. The van der Waals surface area contributed by atoms with Crippen molar-refractivity contribution in [2.24, 2.45) is 17.6 Å². The Morgan fingerprint density at radius 2 is 1.93 bits per heavy atom. The van der Waals surface area contributed by atoms with Crippen LogP contribution < -0.4 is 5.73 Å². The number of nitrogens with two attached hydrogens (primary N) is 1. The first kappa shape index (κ1) is 10.4. The molecule has 0 aromatic carbocycles. The molecule has 14 heavy (non-hydrogen) atoms. The summed E-state index contributed by atoms with van der Waals surface area (Å²) in [4.78, 5) is 2.62. The van der Waals surface area contributed by atoms with E-state index >= 15 is 0 Å². The third kappa shape index (κ3) is 2.48. The fourth-order valence-electron chi connectivity index (χ4n) is 3.15. The largest absolute Gasteiger partial charge is 0.327 e. The third-order valence-corrected chi connectivity index (χ3v) is 3.94. The van der Waals surface area contributed by atoms with E-state index in [0.717, 1.165) is 24.8 Å². The molecule has 2 heteroatoms. The zero-order chi connectivity index (χ0) is 9.97. The van der Waals surface area contributed by atoms with Gasteiger partial charge in [-0.1, -0.05) is 13.3 Å². The second-order valence-electron chi connectivity index (χ2n) is 5.29. The van der Waals surface area contributed by atoms with E-state index in [0.29, 0.717) is 6.04 Å². The highest BCUT2D eigenvalue weighted by atomic mass is 15.1. The van der Waals surface area contributed by atoms with Crippen molar-refractivity contribution in [3.05, 3.63) is 0 Å². The first-order chi connectivity index (χ1) is 6.78. The highest BCUT2D eigenvalue weighted by Gasteiger charge is 2.30. The van der Waals surface area contributed by atoms with E-state index in [1.54, 1.807) is 0 Å². The molecule has 0 radical (unpaired) electrons. The second-order valence-corrected chi connectivity index (χ2v) is 5.29. The van der Waals surface area contributed by atoms with Gasteiger partial charge < -0.3 is 10.6 Å². The minimum absolute atomic E-state index is 0.397. The highest BCUT2D eigenvalue weighted by Crippen LogP contribution is 2.34. The van der Waals surface area contributed by atoms with Crippen LogP contribution in [-0.4, -0.2) is 30.6 Å². The van der Waals surface area contributed by atoms with Gasteiger partial charge in [0.05, 0.1) is 0 Å². The molecule has 0 amide bonds. The molecule has 2 bridgehead atoms. The summed E-state index contributed by atoms with van der Waals surface area (Å²) in [7, 11) is 0. The fourth-order valence-corrected chi connectivity index (χ4v) is 3.15. The molecule has 1 saturated heterocycles. The number of rotatable bonds is 3. The van der Waals surface area contributed by atoms with Crippen LogP contribution in [0.4, 0.5) is 0 Å². The monoisotopic (exact) mass is 196 g/mol. The maximum absolute atomic E-state index is 6.01. The first-order valence-corrected chi connectivity index (χ1v) is 6.26. The zero-order valence-electron chi connectivity index (χ0n) is 9.41. The van der Waals surface area contributed by atoms with E-state index in [4.69, 9.17) is 5.73 Å². The SMILES string of the molecule is CC[C@@H](N)CN1CC2CCCC(C2)C1. The maximum Gasteiger partial charge on any atom is 0.0165 e. The number of likely N-dealkylation sites (tertiary alicyclic amines) is 1. The molecule has 2 rings (SSSR count). The molecule has 3 atom stereocenters. The minimum Gasteiger partial charge on any atom is -0.327 e. The molecule has 2 fully saturated rings. The van der Waals surface area contributed by atoms with Crippen molar-refractivity contribution in [1.29, 1.82) is 0 Å². The summed E-state index contributed by atoms with van der Waals surface area (Å²) >= 11 is 0. The van der Waals surface area contributed by atoms with E-state index < -0.39 is 0 Å². The van der Waals surface area contributed by atoms with Crippen molar-refractivity contribution in [3.8, 4) is 0 Å². The molecule has 0 spiro atoms. The number of piperidine rings is 1. The predicted octanol–water partition coefficient (Wildman–Crippen LogP) is 1.85. The Morgan fingerprint density at radius 1 is 1.29 bits per heavy atom. The van der Waals surface area contributed by atoms with Gasteiger partial charge in [-0.15, -0.1) is 0 Å². The van der Waals surface area contributed by atoms with Gasteiger partial charge in [-0.25, -0.2) is 0 Å². The summed E-state index contributed by atoms with van der Waals surface area (Å²) in [5, 5.41) is 0. The summed E-state index contributed by atoms with van der Waals surface area (Å²) < 4.78 is 0. The summed E-state index contributed by atoms with van der Waals surface area (Å²) in [6.45, 7) is 5.97. The van der Waals surface area contributed by atoms with Gasteiger partial charge in [-0.3, -0.25) is 0 Å². The van der Waals surface area contributed by atoms with Crippen molar-refractivity contribution in [1.82, 2.24) is 4.90 Å². The van der Waals surface area contributed by atoms with Gasteiger partial charge in [-0.05, 0) is 37.5 Å². The quantitative estimate of drug-likeness (QED) is 0.746. The highest BCUT2D eigenvalue weighted by molar-refractivity contribution is 4.84. The maximum atomic E-state index is 6.01. The van der Waals surface area contributed by atoms with Gasteiger partial charge in [-0.2, -0.15) is 0 Å². The Morgan fingerprint density at radius 3 is 2.50 bits per heavy atom. The number of hydrogen-bond donors (Lipinski definition) is 1. The number of hydrogen-bond acceptors (Lipinski definition) is 2. The molecule has 1 aliphatic heterocycles. The van der Waals surface area contributed by atoms with E-state index in [1.807, 2.05) is 0 Å². The molecule has 1 aliphatic carbocycles. The van der Waals surface area contributed by atoms with Crippen LogP contribution in [0.15, 0.2) is 0 Å². The van der Waals surface area contributed by atoms with Crippen LogP contribution in [-0.2, 0) is 0 Å². The Labute approximate surface area is 87.8 Å². The fraction of sp³-hybridized carbons (Fsp3) is 1.00. The van der Waals surface area contributed by atoms with E-state index in [2.05, 4.69) is 11.8 Å². The van der Waals surface area contributed by atoms with Crippen molar-refractivity contribution >= 4 is 0 Å². The molecule has 2 unspecified atom stereocenters. The van der Waals surface area contributed by atoms with Gasteiger partial charge in [0.1, 0.15) is 0 Å². The van der Waals surface area contributed by atoms with Crippen LogP contribution in [0, 0.1) is 11.8 Å². The average Bonchev–Trinajstić information content (AvgIpc) is 2.17. The van der Waals surface area contributed by atoms with Crippen molar-refractivity contribution in [2.75, 3.05) is 19.6 Å². The molecular weight excluding hydrogens is 172 g/mol. The molecular formula is C12H24N2. The molecule has 82 valence electrons. The predicted molar refractivity (Wildman–Crippen MR) is 60.2 cm³/mol. The van der Waals surface area contributed by atoms with Gasteiger partial charge >= 0.3 is 0 Å². The Kier molecular flexibility index (Phi) is 3.45. The summed E-state index contributed by atoms with van der Waals surface area (Å²) in [5.74, 6) is 1.98. The summed E-state index contributed by atoms with van der Waals surface area (Å²) in [5.41, 5.74) is 6.01. The van der Waals surface area contributed by atoms with Crippen LogP contribution in [0.2, 0.25) is 0 Å². The topological polar surface area (TPSA) is 29.3 Å². The lowest BCUT2D eigenvalue weighted by Crippen LogP contribution is -2.47. The molecule has 2 nitrogen and oxygen atoms in total. The molecule has 2 N–H and O–H groups in total. The van der Waals surface area contributed by atoms with Crippen LogP contribution in [0.25, 0.3) is 0 Å². The van der Waals surface area contributed by atoms with Crippen molar-refractivity contribution < 1.29 is 0 Å². The molecule has 1 saturated carbocycles. The molecule has 1 heterocycles. The lowest BCUT2D eigenvalue weighted by molar-refractivity contribution is 0.0814. The normalized spacial score (nSPS) is 35.6. The second kappa shape index (κ2) is 4.63. The lowest BCUT2D eigenvalue weighted by Gasteiger charge is -2.42. The van der Waals surface area contributed by atoms with Gasteiger partial charge in [0.25, 0.3) is 0 Å². The van der Waals surface area contributed by atoms with E-state index in [9.17, 15) is 0 Å². The first-order valence-electron chi connectivity index (χ1n) is 6.26. The van der Waals surface area contributed by atoms with Crippen LogP contribution in [0.1, 0.15) is 39.0 Å². The third-order valence-electron chi connectivity index (χ3n) is 3.94. The molecule has 2 aliphatic rings. The Hall–Kier alpha value is -0.0800. The van der Waals surface area contributed by atoms with Gasteiger partial charge in [0.15, 0.2) is 0 Å². The number of nitrogens with zero attached hydrogens (tertiary/aromatic N) is 1. The van der Waals surface area contributed by atoms with E-state index in [-0.39, 0.29) is 0 Å². The van der Waals surface area contributed by atoms with E-state index in [1.165, 1.54) is 38.8 Å². The Bertz CT molecular complexity index is 166. The molecule has 0 aromatic rings. The van der Waals surface area contributed by atoms with Crippen LogP contribution >= 0.6 is 0 Å². The van der Waals surface area contributed by atoms with Crippen molar-refractivity contribution in [3.63, 3.8) is 0 Å². The lowest BCUT2D eigenvalue weighted by atomic mass is 9.78. The van der Waals surface area contributed by atoms with Crippen LogP contribution in [0.3, 0.4) is 0 Å². The summed E-state index contributed by atoms with van der Waals surface area (Å²) in [6, 6.07) is 0.397.